The van der Waals surface area contributed by atoms with Gasteiger partial charge in [0.2, 0.25) is 5.91 Å². The smallest absolute Gasteiger partial charge is 0.253 e. The van der Waals surface area contributed by atoms with Gasteiger partial charge in [-0.3, -0.25) is 9.59 Å². The molecule has 1 spiro atoms. The minimum Gasteiger partial charge on any atom is -0.339 e. The van der Waals surface area contributed by atoms with Gasteiger partial charge in [-0.25, -0.2) is 0 Å². The molecule has 0 unspecified atom stereocenters. The van der Waals surface area contributed by atoms with Gasteiger partial charge >= 0.3 is 0 Å². The lowest BCUT2D eigenvalue weighted by Crippen LogP contribution is -2.57. The minimum atomic E-state index is -0.561. The van der Waals surface area contributed by atoms with Crippen molar-refractivity contribution in [1.29, 1.82) is 0 Å². The highest BCUT2D eigenvalue weighted by Gasteiger charge is 2.50. The molecule has 5 nitrogen and oxygen atoms in total. The number of anilines is 1. The quantitative estimate of drug-likeness (QED) is 0.852. The lowest BCUT2D eigenvalue weighted by Gasteiger charge is -2.43. The molecular weight excluding hydrogens is 362 g/mol. The predicted molar refractivity (Wildman–Crippen MR) is 115 cm³/mol. The predicted octanol–water partition coefficient (Wildman–Crippen LogP) is 3.55. The van der Waals surface area contributed by atoms with E-state index in [2.05, 4.69) is 31.0 Å². The summed E-state index contributed by atoms with van der Waals surface area (Å²) in [6.07, 6.45) is 1.28. The van der Waals surface area contributed by atoms with Crippen LogP contribution in [0.5, 0.6) is 0 Å². The largest absolute Gasteiger partial charge is 0.339 e. The maximum absolute atomic E-state index is 13.0. The molecule has 0 saturated carbocycles. The third-order valence-corrected chi connectivity index (χ3v) is 6.28. The normalized spacial score (nSPS) is 18.8. The van der Waals surface area contributed by atoms with Gasteiger partial charge in [-0.15, -0.1) is 0 Å². The Kier molecular flexibility index (Phi) is 4.85. The Balaban J connectivity index is 1.48. The average Bonchev–Trinajstić information content (AvgIpc) is 3.04. The Morgan fingerprint density at radius 2 is 1.59 bits per heavy atom. The van der Waals surface area contributed by atoms with Crippen molar-refractivity contribution in [2.45, 2.75) is 44.6 Å². The van der Waals surface area contributed by atoms with Gasteiger partial charge in [0, 0.05) is 24.3 Å². The van der Waals surface area contributed by atoms with Crippen LogP contribution in [-0.2, 0) is 10.2 Å². The van der Waals surface area contributed by atoms with Crippen LogP contribution in [0.2, 0.25) is 0 Å². The molecule has 5 heteroatoms. The van der Waals surface area contributed by atoms with Crippen LogP contribution in [-0.4, -0.2) is 42.0 Å². The Hall–Kier alpha value is -2.82. The molecule has 0 aliphatic carbocycles. The molecule has 29 heavy (non-hydrogen) atoms. The first kappa shape index (κ1) is 19.5. The van der Waals surface area contributed by atoms with Gasteiger partial charge in [0.05, 0.1) is 6.67 Å². The molecule has 1 N–H and O–H groups in total. The second-order valence-corrected chi connectivity index (χ2v) is 9.08. The zero-order valence-electron chi connectivity index (χ0n) is 17.4. The molecule has 2 fully saturated rings. The summed E-state index contributed by atoms with van der Waals surface area (Å²) in [5.41, 5.74) is 2.48. The van der Waals surface area contributed by atoms with Crippen LogP contribution < -0.4 is 10.2 Å². The van der Waals surface area contributed by atoms with Crippen LogP contribution in [0.15, 0.2) is 54.6 Å². The lowest BCUT2D eigenvalue weighted by atomic mass is 9.85. The van der Waals surface area contributed by atoms with Crippen molar-refractivity contribution in [2.24, 2.45) is 0 Å². The van der Waals surface area contributed by atoms with Crippen LogP contribution in [0.25, 0.3) is 0 Å². The van der Waals surface area contributed by atoms with E-state index < -0.39 is 5.54 Å². The summed E-state index contributed by atoms with van der Waals surface area (Å²) >= 11 is 0. The standard InChI is InChI=1S/C24H29N3O2/c1-23(2,3)19-11-9-18(10-12-19)21(28)26-15-13-24(14-16-26)22(29)25-17-27(24)20-7-5-4-6-8-20/h4-12H,13-17H2,1-3H3,(H,25,29). The molecule has 2 aliphatic heterocycles. The van der Waals surface area contributed by atoms with Crippen molar-refractivity contribution in [3.63, 3.8) is 0 Å². The first-order valence-corrected chi connectivity index (χ1v) is 10.3. The molecule has 2 aliphatic rings. The van der Waals surface area contributed by atoms with Gasteiger partial charge in [0.25, 0.3) is 5.91 Å². The van der Waals surface area contributed by atoms with E-state index in [1.165, 1.54) is 5.56 Å². The van der Waals surface area contributed by atoms with Crippen molar-refractivity contribution < 1.29 is 9.59 Å². The number of carbonyl (C=O) groups is 2. The molecule has 0 aromatic heterocycles. The maximum Gasteiger partial charge on any atom is 0.253 e. The van der Waals surface area contributed by atoms with Gasteiger partial charge in [0.1, 0.15) is 5.54 Å². The summed E-state index contributed by atoms with van der Waals surface area (Å²) < 4.78 is 0. The lowest BCUT2D eigenvalue weighted by molar-refractivity contribution is -0.124. The number of hydrogen-bond acceptors (Lipinski definition) is 3. The Labute approximate surface area is 172 Å². The molecule has 0 radical (unpaired) electrons. The maximum atomic E-state index is 13.0. The van der Waals surface area contributed by atoms with Crippen LogP contribution in [0.4, 0.5) is 5.69 Å². The second kappa shape index (κ2) is 7.21. The number of nitrogens with one attached hydrogen (secondary N) is 1. The van der Waals surface area contributed by atoms with Crippen LogP contribution in [0, 0.1) is 0 Å². The molecule has 2 heterocycles. The number of nitrogens with zero attached hydrogens (tertiary/aromatic N) is 2. The van der Waals surface area contributed by atoms with Crippen molar-refractivity contribution in [2.75, 3.05) is 24.7 Å². The molecule has 0 bridgehead atoms. The zero-order valence-corrected chi connectivity index (χ0v) is 17.4. The highest BCUT2D eigenvalue weighted by molar-refractivity contribution is 5.96. The van der Waals surface area contributed by atoms with Gasteiger partial charge in [-0.05, 0) is 48.1 Å². The Morgan fingerprint density at radius 1 is 0.966 bits per heavy atom. The van der Waals surface area contributed by atoms with Gasteiger partial charge in [-0.1, -0.05) is 51.1 Å². The number of hydrogen-bond donors (Lipinski definition) is 1. The fourth-order valence-electron chi connectivity index (χ4n) is 4.41. The van der Waals surface area contributed by atoms with Crippen LogP contribution in [0.3, 0.4) is 0 Å². The Bertz CT molecular complexity index is 892. The summed E-state index contributed by atoms with van der Waals surface area (Å²) in [5, 5.41) is 3.01. The molecule has 2 saturated heterocycles. The van der Waals surface area contributed by atoms with E-state index in [1.807, 2.05) is 59.5 Å². The Morgan fingerprint density at radius 3 is 2.17 bits per heavy atom. The van der Waals surface area contributed by atoms with E-state index >= 15 is 0 Å². The van der Waals surface area contributed by atoms with E-state index in [9.17, 15) is 9.59 Å². The summed E-state index contributed by atoms with van der Waals surface area (Å²) in [7, 11) is 0. The fraction of sp³-hybridized carbons (Fsp3) is 0.417. The summed E-state index contributed by atoms with van der Waals surface area (Å²) in [6.45, 7) is 8.18. The zero-order chi connectivity index (χ0) is 20.6. The number of benzene rings is 2. The number of carbonyl (C=O) groups excluding carboxylic acids is 2. The van der Waals surface area contributed by atoms with E-state index in [-0.39, 0.29) is 17.2 Å². The number of amides is 2. The summed E-state index contributed by atoms with van der Waals surface area (Å²) in [5.74, 6) is 0.118. The van der Waals surface area contributed by atoms with Crippen LogP contribution in [0.1, 0.15) is 49.5 Å². The average molecular weight is 392 g/mol. The van der Waals surface area contributed by atoms with Gasteiger partial charge < -0.3 is 15.1 Å². The molecular formula is C24H29N3O2. The molecule has 152 valence electrons. The van der Waals surface area contributed by atoms with E-state index in [1.54, 1.807) is 0 Å². The SMILES string of the molecule is CC(C)(C)c1ccc(C(=O)N2CCC3(CC2)C(=O)NCN3c2ccccc2)cc1. The number of para-hydroxylation sites is 1. The summed E-state index contributed by atoms with van der Waals surface area (Å²) in [4.78, 5) is 29.8. The van der Waals surface area contributed by atoms with Gasteiger partial charge in [-0.2, -0.15) is 0 Å². The molecule has 4 rings (SSSR count). The number of piperidine rings is 1. The van der Waals surface area contributed by atoms with Crippen molar-refractivity contribution in [1.82, 2.24) is 10.2 Å². The van der Waals surface area contributed by atoms with E-state index in [0.29, 0.717) is 38.2 Å². The molecule has 2 aromatic carbocycles. The fourth-order valence-corrected chi connectivity index (χ4v) is 4.41. The second-order valence-electron chi connectivity index (χ2n) is 9.08. The van der Waals surface area contributed by atoms with E-state index in [4.69, 9.17) is 0 Å². The summed E-state index contributed by atoms with van der Waals surface area (Å²) in [6, 6.07) is 18.0. The number of rotatable bonds is 2. The van der Waals surface area contributed by atoms with Crippen molar-refractivity contribution in [3.8, 4) is 0 Å². The van der Waals surface area contributed by atoms with Crippen LogP contribution >= 0.6 is 0 Å². The molecule has 2 amide bonds. The molecule has 0 atom stereocenters. The monoisotopic (exact) mass is 391 g/mol. The molecule has 2 aromatic rings. The first-order chi connectivity index (χ1) is 13.8. The van der Waals surface area contributed by atoms with Gasteiger partial charge in [0.15, 0.2) is 0 Å². The number of likely N-dealkylation sites (tertiary alicyclic amines) is 1. The minimum absolute atomic E-state index is 0.0463. The third-order valence-electron chi connectivity index (χ3n) is 6.28. The topological polar surface area (TPSA) is 52.7 Å². The highest BCUT2D eigenvalue weighted by Crippen LogP contribution is 2.36. The first-order valence-electron chi connectivity index (χ1n) is 10.3. The van der Waals surface area contributed by atoms with E-state index in [0.717, 1.165) is 5.69 Å². The van der Waals surface area contributed by atoms with Crippen molar-refractivity contribution in [3.05, 3.63) is 65.7 Å². The van der Waals surface area contributed by atoms with Crippen molar-refractivity contribution >= 4 is 17.5 Å². The highest BCUT2D eigenvalue weighted by atomic mass is 16.2. The third kappa shape index (κ3) is 3.50.